The van der Waals surface area contributed by atoms with Crippen molar-refractivity contribution < 1.29 is 9.59 Å². The Hall–Kier alpha value is -0.700. The van der Waals surface area contributed by atoms with Gasteiger partial charge in [-0.1, -0.05) is 0 Å². The Bertz CT molecular complexity index is 145. The fraction of sp³-hybridized carbons (Fsp3) is 0.714. The summed E-state index contributed by atoms with van der Waals surface area (Å²) in [7, 11) is 0. The van der Waals surface area contributed by atoms with Gasteiger partial charge >= 0.3 is 0 Å². The van der Waals surface area contributed by atoms with Crippen LogP contribution in [0.25, 0.3) is 0 Å². The van der Waals surface area contributed by atoms with E-state index < -0.39 is 0 Å². The zero-order chi connectivity index (χ0) is 7.40. The van der Waals surface area contributed by atoms with Crippen molar-refractivity contribution >= 4 is 12.1 Å². The van der Waals surface area contributed by atoms with Gasteiger partial charge in [-0.3, -0.25) is 9.69 Å². The molecule has 0 radical (unpaired) electrons. The predicted octanol–water partition coefficient (Wildman–Crippen LogP) is -0.150. The van der Waals surface area contributed by atoms with Crippen molar-refractivity contribution in [3.63, 3.8) is 0 Å². The third-order valence-electron chi connectivity index (χ3n) is 1.66. The van der Waals surface area contributed by atoms with Crippen molar-refractivity contribution in [2.24, 2.45) is 0 Å². The average molecular weight is 141 g/mol. The highest BCUT2D eigenvalue weighted by molar-refractivity contribution is 5.81. The third-order valence-corrected chi connectivity index (χ3v) is 1.66. The Morgan fingerprint density at radius 2 is 2.40 bits per heavy atom. The number of rotatable bonds is 2. The first-order valence-electron chi connectivity index (χ1n) is 3.50. The van der Waals surface area contributed by atoms with E-state index in [2.05, 4.69) is 0 Å². The summed E-state index contributed by atoms with van der Waals surface area (Å²) in [4.78, 5) is 22.7. The summed E-state index contributed by atoms with van der Waals surface area (Å²) < 4.78 is 0. The number of carbonyl (C=O) groups is 2. The Kier molecular flexibility index (Phi) is 2.57. The van der Waals surface area contributed by atoms with Crippen LogP contribution in [0, 0.1) is 0 Å². The molecule has 3 heteroatoms. The number of piperidine rings is 1. The Balaban J connectivity index is 2.31. The van der Waals surface area contributed by atoms with Crippen molar-refractivity contribution in [1.29, 1.82) is 0 Å². The van der Waals surface area contributed by atoms with E-state index >= 15 is 0 Å². The molecular weight excluding hydrogens is 130 g/mol. The van der Waals surface area contributed by atoms with Crippen LogP contribution in [0.4, 0.5) is 0 Å². The molecule has 0 aromatic heterocycles. The molecule has 0 amide bonds. The molecule has 1 rings (SSSR count). The average Bonchev–Trinajstić information content (AvgIpc) is 1.88. The third kappa shape index (κ3) is 1.92. The molecule has 0 spiro atoms. The molecule has 1 aliphatic rings. The molecule has 3 nitrogen and oxygen atoms in total. The number of hydrogen-bond acceptors (Lipinski definition) is 3. The van der Waals surface area contributed by atoms with E-state index in [4.69, 9.17) is 0 Å². The fourth-order valence-electron chi connectivity index (χ4n) is 1.17. The number of hydrogen-bond donors (Lipinski definition) is 0. The van der Waals surface area contributed by atoms with Crippen molar-refractivity contribution in [3.8, 4) is 0 Å². The summed E-state index contributed by atoms with van der Waals surface area (Å²) in [6.45, 7) is 1.77. The zero-order valence-corrected chi connectivity index (χ0v) is 5.88. The number of nitrogens with zero attached hydrogens (tertiary/aromatic N) is 1. The summed E-state index contributed by atoms with van der Waals surface area (Å²) in [5.41, 5.74) is 0. The van der Waals surface area contributed by atoms with Crippen LogP contribution in [0.3, 0.4) is 0 Å². The van der Waals surface area contributed by atoms with Crippen LogP contribution in [0.2, 0.25) is 0 Å². The molecule has 0 N–H and O–H groups in total. The second kappa shape index (κ2) is 3.46. The normalized spacial score (nSPS) is 21.0. The molecule has 0 aromatic rings. The lowest BCUT2D eigenvalue weighted by atomic mass is 10.1. The van der Waals surface area contributed by atoms with E-state index in [1.165, 1.54) is 0 Å². The zero-order valence-electron chi connectivity index (χ0n) is 5.88. The number of Topliss-reactive ketones (excluding diaryl/α,β-unsaturated/α-hetero) is 1. The quantitative estimate of drug-likeness (QED) is 0.502. The second-order valence-corrected chi connectivity index (χ2v) is 2.54. The minimum absolute atomic E-state index is 0.258. The lowest BCUT2D eigenvalue weighted by molar-refractivity contribution is -0.122. The second-order valence-electron chi connectivity index (χ2n) is 2.54. The number of ketones is 1. The summed E-state index contributed by atoms with van der Waals surface area (Å²) >= 11 is 0. The summed E-state index contributed by atoms with van der Waals surface area (Å²) in [5, 5.41) is 0. The maximum absolute atomic E-state index is 10.8. The van der Waals surface area contributed by atoms with Crippen molar-refractivity contribution in [1.82, 2.24) is 4.90 Å². The van der Waals surface area contributed by atoms with Crippen molar-refractivity contribution in [3.05, 3.63) is 0 Å². The van der Waals surface area contributed by atoms with E-state index in [9.17, 15) is 9.59 Å². The molecule has 1 fully saturated rings. The molecule has 10 heavy (non-hydrogen) atoms. The highest BCUT2D eigenvalue weighted by Crippen LogP contribution is 2.03. The Morgan fingerprint density at radius 3 is 3.00 bits per heavy atom. The lowest BCUT2D eigenvalue weighted by Crippen LogP contribution is -2.36. The fourth-order valence-corrected chi connectivity index (χ4v) is 1.17. The molecule has 0 aliphatic carbocycles. The number of likely N-dealkylation sites (tertiary alicyclic amines) is 1. The van der Waals surface area contributed by atoms with E-state index in [1.807, 2.05) is 4.90 Å². The van der Waals surface area contributed by atoms with Gasteiger partial charge in [0, 0.05) is 6.42 Å². The number of carbonyl (C=O) groups excluding carboxylic acids is 2. The molecule has 1 saturated heterocycles. The van der Waals surface area contributed by atoms with Gasteiger partial charge in [0.05, 0.1) is 13.1 Å². The maximum atomic E-state index is 10.8. The van der Waals surface area contributed by atoms with Gasteiger partial charge in [0.2, 0.25) is 0 Å². The standard InChI is InChI=1S/C7H11NO2/c9-5-4-8-3-1-2-7(10)6-8/h5H,1-4,6H2. The first kappa shape index (κ1) is 7.41. The summed E-state index contributed by atoms with van der Waals surface area (Å²) in [6, 6.07) is 0. The van der Waals surface area contributed by atoms with Crippen LogP contribution in [0.1, 0.15) is 12.8 Å². The molecule has 0 unspecified atom stereocenters. The smallest absolute Gasteiger partial charge is 0.146 e. The van der Waals surface area contributed by atoms with Crippen molar-refractivity contribution in [2.45, 2.75) is 12.8 Å². The molecule has 56 valence electrons. The van der Waals surface area contributed by atoms with Crippen molar-refractivity contribution in [2.75, 3.05) is 19.6 Å². The van der Waals surface area contributed by atoms with Crippen LogP contribution >= 0.6 is 0 Å². The molecule has 0 atom stereocenters. The lowest BCUT2D eigenvalue weighted by Gasteiger charge is -2.22. The maximum Gasteiger partial charge on any atom is 0.146 e. The van der Waals surface area contributed by atoms with Crippen LogP contribution in [0.5, 0.6) is 0 Å². The van der Waals surface area contributed by atoms with Crippen LogP contribution in [-0.4, -0.2) is 36.6 Å². The Labute approximate surface area is 60.0 Å². The minimum Gasteiger partial charge on any atom is -0.302 e. The highest BCUT2D eigenvalue weighted by atomic mass is 16.1. The molecule has 1 aliphatic heterocycles. The predicted molar refractivity (Wildman–Crippen MR) is 36.7 cm³/mol. The molecule has 0 bridgehead atoms. The minimum atomic E-state index is 0.258. The van der Waals surface area contributed by atoms with E-state index in [0.717, 1.165) is 19.3 Å². The largest absolute Gasteiger partial charge is 0.302 e. The van der Waals surface area contributed by atoms with Gasteiger partial charge in [0.1, 0.15) is 12.1 Å². The highest BCUT2D eigenvalue weighted by Gasteiger charge is 2.15. The molecule has 1 heterocycles. The molecule has 0 saturated carbocycles. The number of aldehydes is 1. The van der Waals surface area contributed by atoms with E-state index in [0.29, 0.717) is 19.5 Å². The van der Waals surface area contributed by atoms with Gasteiger partial charge in [-0.2, -0.15) is 0 Å². The van der Waals surface area contributed by atoms with E-state index in [-0.39, 0.29) is 5.78 Å². The Morgan fingerprint density at radius 1 is 1.60 bits per heavy atom. The van der Waals surface area contributed by atoms with Crippen LogP contribution in [0.15, 0.2) is 0 Å². The van der Waals surface area contributed by atoms with Gasteiger partial charge < -0.3 is 4.79 Å². The molecular formula is C7H11NO2. The first-order valence-corrected chi connectivity index (χ1v) is 3.50. The summed E-state index contributed by atoms with van der Waals surface area (Å²) in [5.74, 6) is 0.258. The van der Waals surface area contributed by atoms with Crippen LogP contribution < -0.4 is 0 Å². The molecule has 0 aromatic carbocycles. The van der Waals surface area contributed by atoms with Gasteiger partial charge in [-0.05, 0) is 13.0 Å². The summed E-state index contributed by atoms with van der Waals surface area (Å²) in [6.07, 6.45) is 2.45. The first-order chi connectivity index (χ1) is 4.83. The monoisotopic (exact) mass is 141 g/mol. The van der Waals surface area contributed by atoms with Gasteiger partial charge in [0.15, 0.2) is 0 Å². The SMILES string of the molecule is O=CCN1CCCC(=O)C1. The van der Waals surface area contributed by atoms with Gasteiger partial charge in [0.25, 0.3) is 0 Å². The van der Waals surface area contributed by atoms with E-state index in [1.54, 1.807) is 0 Å². The van der Waals surface area contributed by atoms with Gasteiger partial charge in [-0.25, -0.2) is 0 Å². The van der Waals surface area contributed by atoms with Crippen LogP contribution in [-0.2, 0) is 9.59 Å². The topological polar surface area (TPSA) is 37.4 Å². The van der Waals surface area contributed by atoms with Gasteiger partial charge in [-0.15, -0.1) is 0 Å².